The van der Waals surface area contributed by atoms with Gasteiger partial charge in [-0.15, -0.1) is 0 Å². The zero-order valence-corrected chi connectivity index (χ0v) is 13.8. The number of rotatable bonds is 8. The minimum Gasteiger partial charge on any atom is -0.496 e. The number of hydrogen-bond donors (Lipinski definition) is 1. The Hall–Kier alpha value is -0.580. The van der Waals surface area contributed by atoms with Crippen molar-refractivity contribution < 1.29 is 9.47 Å². The summed E-state index contributed by atoms with van der Waals surface area (Å²) in [6.45, 7) is 5.18. The molecule has 0 aliphatic heterocycles. The molecule has 0 saturated heterocycles. The van der Waals surface area contributed by atoms with Crippen molar-refractivity contribution in [2.75, 3.05) is 20.8 Å². The molecule has 0 fully saturated rings. The average Bonchev–Trinajstić information content (AvgIpc) is 2.39. The van der Waals surface area contributed by atoms with Gasteiger partial charge in [-0.1, -0.05) is 22.9 Å². The highest BCUT2D eigenvalue weighted by Crippen LogP contribution is 2.25. The zero-order valence-electron chi connectivity index (χ0n) is 12.2. The first-order valence-corrected chi connectivity index (χ1v) is 7.48. The van der Waals surface area contributed by atoms with Gasteiger partial charge in [0.05, 0.1) is 13.2 Å². The van der Waals surface area contributed by atoms with E-state index in [-0.39, 0.29) is 6.10 Å². The fraction of sp³-hybridized carbons (Fsp3) is 0.600. The van der Waals surface area contributed by atoms with Crippen molar-refractivity contribution in [2.45, 2.75) is 38.8 Å². The van der Waals surface area contributed by atoms with Crippen molar-refractivity contribution >= 4 is 15.9 Å². The van der Waals surface area contributed by atoms with Crippen molar-refractivity contribution in [3.8, 4) is 5.75 Å². The molecule has 108 valence electrons. The van der Waals surface area contributed by atoms with Gasteiger partial charge in [0.2, 0.25) is 0 Å². The summed E-state index contributed by atoms with van der Waals surface area (Å²) in [5.74, 6) is 0.941. The van der Waals surface area contributed by atoms with Crippen molar-refractivity contribution in [3.05, 3.63) is 28.2 Å². The maximum absolute atomic E-state index is 5.43. The van der Waals surface area contributed by atoms with Crippen LogP contribution < -0.4 is 10.1 Å². The topological polar surface area (TPSA) is 30.5 Å². The lowest BCUT2D eigenvalue weighted by molar-refractivity contribution is 0.100. The first-order valence-electron chi connectivity index (χ1n) is 6.69. The lowest BCUT2D eigenvalue weighted by Crippen LogP contribution is -2.34. The maximum atomic E-state index is 5.43. The minimum atomic E-state index is 0.252. The van der Waals surface area contributed by atoms with Crippen molar-refractivity contribution in [3.63, 3.8) is 0 Å². The number of nitrogens with one attached hydrogen (secondary N) is 1. The normalized spacial score (nSPS) is 14.2. The Labute approximate surface area is 124 Å². The molecule has 0 bridgehead atoms. The van der Waals surface area contributed by atoms with E-state index in [4.69, 9.17) is 9.47 Å². The summed E-state index contributed by atoms with van der Waals surface area (Å²) in [4.78, 5) is 0. The van der Waals surface area contributed by atoms with Crippen LogP contribution in [0.15, 0.2) is 22.7 Å². The average molecular weight is 330 g/mol. The fourth-order valence-corrected chi connectivity index (χ4v) is 2.61. The van der Waals surface area contributed by atoms with Crippen molar-refractivity contribution in [1.82, 2.24) is 5.32 Å². The number of ether oxygens (including phenoxy) is 2. The fourth-order valence-electron chi connectivity index (χ4n) is 2.20. The van der Waals surface area contributed by atoms with E-state index in [1.807, 2.05) is 12.1 Å². The zero-order chi connectivity index (χ0) is 14.3. The Morgan fingerprint density at radius 2 is 2.05 bits per heavy atom. The van der Waals surface area contributed by atoms with Crippen LogP contribution in [0.5, 0.6) is 5.75 Å². The number of likely N-dealkylation sites (N-methyl/N-ethyl adjacent to an activating group) is 1. The molecule has 0 amide bonds. The molecular weight excluding hydrogens is 306 g/mol. The Morgan fingerprint density at radius 3 is 2.63 bits per heavy atom. The third-order valence-electron chi connectivity index (χ3n) is 3.22. The molecule has 2 unspecified atom stereocenters. The van der Waals surface area contributed by atoms with E-state index < -0.39 is 0 Å². The van der Waals surface area contributed by atoms with E-state index in [0.29, 0.717) is 6.04 Å². The van der Waals surface area contributed by atoms with Crippen LogP contribution in [-0.2, 0) is 11.2 Å². The van der Waals surface area contributed by atoms with E-state index in [0.717, 1.165) is 29.6 Å². The Balaban J connectivity index is 2.80. The van der Waals surface area contributed by atoms with E-state index in [1.54, 1.807) is 14.2 Å². The van der Waals surface area contributed by atoms with Gasteiger partial charge in [0.1, 0.15) is 5.75 Å². The second kappa shape index (κ2) is 8.56. The third kappa shape index (κ3) is 5.51. The van der Waals surface area contributed by atoms with Crippen LogP contribution in [0.4, 0.5) is 0 Å². The van der Waals surface area contributed by atoms with Gasteiger partial charge >= 0.3 is 0 Å². The molecule has 1 aromatic rings. The van der Waals surface area contributed by atoms with E-state index in [2.05, 4.69) is 41.2 Å². The van der Waals surface area contributed by atoms with Crippen LogP contribution in [0.2, 0.25) is 0 Å². The van der Waals surface area contributed by atoms with Crippen LogP contribution in [0.25, 0.3) is 0 Å². The van der Waals surface area contributed by atoms with Crippen molar-refractivity contribution in [2.24, 2.45) is 0 Å². The van der Waals surface area contributed by atoms with E-state index >= 15 is 0 Å². The van der Waals surface area contributed by atoms with Crippen LogP contribution in [0.1, 0.15) is 25.8 Å². The molecule has 0 radical (unpaired) electrons. The van der Waals surface area contributed by atoms with E-state index in [1.165, 1.54) is 5.56 Å². The molecular formula is C15H24BrNO2. The smallest absolute Gasteiger partial charge is 0.122 e. The highest BCUT2D eigenvalue weighted by molar-refractivity contribution is 9.10. The second-order valence-corrected chi connectivity index (χ2v) is 5.61. The van der Waals surface area contributed by atoms with Gasteiger partial charge in [-0.2, -0.15) is 0 Å². The predicted molar refractivity (Wildman–Crippen MR) is 83.0 cm³/mol. The lowest BCUT2D eigenvalue weighted by Gasteiger charge is -2.22. The molecule has 4 heteroatoms. The summed E-state index contributed by atoms with van der Waals surface area (Å²) >= 11 is 3.52. The second-order valence-electron chi connectivity index (χ2n) is 4.70. The molecule has 3 nitrogen and oxygen atoms in total. The van der Waals surface area contributed by atoms with Gasteiger partial charge in [0.15, 0.2) is 0 Å². The van der Waals surface area contributed by atoms with Crippen LogP contribution in [0, 0.1) is 0 Å². The monoisotopic (exact) mass is 329 g/mol. The van der Waals surface area contributed by atoms with Gasteiger partial charge in [-0.25, -0.2) is 0 Å². The maximum Gasteiger partial charge on any atom is 0.122 e. The molecule has 19 heavy (non-hydrogen) atoms. The summed E-state index contributed by atoms with van der Waals surface area (Å²) in [7, 11) is 3.47. The Kier molecular flexibility index (Phi) is 7.42. The molecule has 0 spiro atoms. The summed E-state index contributed by atoms with van der Waals surface area (Å²) in [5.41, 5.74) is 1.21. The number of methoxy groups -OCH3 is 2. The largest absolute Gasteiger partial charge is 0.496 e. The van der Waals surface area contributed by atoms with Crippen molar-refractivity contribution in [1.29, 1.82) is 0 Å². The van der Waals surface area contributed by atoms with Gasteiger partial charge in [0, 0.05) is 17.6 Å². The molecule has 1 rings (SSSR count). The molecule has 0 aromatic heterocycles. The first-order chi connectivity index (χ1) is 9.10. The van der Waals surface area contributed by atoms with Crippen LogP contribution >= 0.6 is 15.9 Å². The van der Waals surface area contributed by atoms with Crippen LogP contribution in [-0.4, -0.2) is 32.9 Å². The molecule has 0 heterocycles. The molecule has 2 atom stereocenters. The summed E-state index contributed by atoms with van der Waals surface area (Å²) in [6.07, 6.45) is 2.17. The molecule has 0 aliphatic carbocycles. The van der Waals surface area contributed by atoms with Gasteiger partial charge in [-0.3, -0.25) is 0 Å². The third-order valence-corrected chi connectivity index (χ3v) is 3.71. The minimum absolute atomic E-state index is 0.252. The molecule has 0 aliphatic rings. The summed E-state index contributed by atoms with van der Waals surface area (Å²) in [5, 5.41) is 3.52. The van der Waals surface area contributed by atoms with Gasteiger partial charge in [0.25, 0.3) is 0 Å². The number of halogens is 1. The van der Waals surface area contributed by atoms with Gasteiger partial charge in [-0.05, 0) is 50.1 Å². The Morgan fingerprint density at radius 1 is 1.32 bits per heavy atom. The lowest BCUT2D eigenvalue weighted by atomic mass is 10.00. The molecule has 1 N–H and O–H groups in total. The Bertz CT molecular complexity index is 384. The highest BCUT2D eigenvalue weighted by Gasteiger charge is 2.15. The summed E-state index contributed by atoms with van der Waals surface area (Å²) in [6, 6.07) is 6.52. The summed E-state index contributed by atoms with van der Waals surface area (Å²) < 4.78 is 11.9. The molecule has 0 saturated carbocycles. The van der Waals surface area contributed by atoms with Gasteiger partial charge < -0.3 is 14.8 Å². The standard InChI is InChI=1S/C15H24BrNO2/c1-5-17-14(8-11(2)18-3)10-12-9-13(16)6-7-15(12)19-4/h6-7,9,11,14,17H,5,8,10H2,1-4H3. The molecule has 1 aromatic carbocycles. The quantitative estimate of drug-likeness (QED) is 0.792. The highest BCUT2D eigenvalue weighted by atomic mass is 79.9. The number of benzene rings is 1. The first kappa shape index (κ1) is 16.5. The SMILES string of the molecule is CCNC(Cc1cc(Br)ccc1OC)CC(C)OC. The number of hydrogen-bond acceptors (Lipinski definition) is 3. The predicted octanol–water partition coefficient (Wildman–Crippen LogP) is 3.40. The van der Waals surface area contributed by atoms with Crippen LogP contribution in [0.3, 0.4) is 0 Å². The van der Waals surface area contributed by atoms with E-state index in [9.17, 15) is 0 Å².